The summed E-state index contributed by atoms with van der Waals surface area (Å²) in [7, 11) is 0. The lowest BCUT2D eigenvalue weighted by atomic mass is 9.67. The lowest BCUT2D eigenvalue weighted by molar-refractivity contribution is -0.164. The van der Waals surface area contributed by atoms with Gasteiger partial charge in [0.25, 0.3) is 0 Å². The minimum atomic E-state index is -4.45. The molecule has 1 saturated carbocycles. The number of carbonyl (C=O) groups is 1. The molecule has 3 aliphatic rings. The predicted molar refractivity (Wildman–Crippen MR) is 174 cm³/mol. The normalized spacial score (nSPS) is 21.0. The Kier molecular flexibility index (Phi) is 9.21. The van der Waals surface area contributed by atoms with E-state index in [2.05, 4.69) is 9.80 Å². The van der Waals surface area contributed by atoms with Crippen LogP contribution in [0.2, 0.25) is 0 Å². The van der Waals surface area contributed by atoms with Gasteiger partial charge in [-0.15, -0.1) is 5.10 Å². The molecule has 1 atom stereocenters. The maximum atomic E-state index is 13.9. The summed E-state index contributed by atoms with van der Waals surface area (Å²) < 4.78 is 54.7. The lowest BCUT2D eigenvalue weighted by Gasteiger charge is -2.52. The van der Waals surface area contributed by atoms with Gasteiger partial charge in [0.1, 0.15) is 5.60 Å². The number of morpholine rings is 1. The van der Waals surface area contributed by atoms with Crippen molar-refractivity contribution >= 4 is 23.1 Å². The van der Waals surface area contributed by atoms with E-state index in [1.807, 2.05) is 26.8 Å². The molecule has 9 nitrogen and oxygen atoms in total. The number of benzene rings is 1. The molecule has 3 aromatic rings. The third-order valence-electron chi connectivity index (χ3n) is 9.89. The van der Waals surface area contributed by atoms with Crippen LogP contribution in [0.5, 0.6) is 0 Å². The van der Waals surface area contributed by atoms with E-state index in [0.717, 1.165) is 69.1 Å². The first-order valence-corrected chi connectivity index (χ1v) is 16.8. The molecule has 0 radical (unpaired) electrons. The second kappa shape index (κ2) is 12.9. The van der Waals surface area contributed by atoms with E-state index in [4.69, 9.17) is 25.3 Å². The molecule has 47 heavy (non-hydrogen) atoms. The molecule has 12 heteroatoms. The summed E-state index contributed by atoms with van der Waals surface area (Å²) in [4.78, 5) is 22.5. The minimum absolute atomic E-state index is 0.0275. The van der Waals surface area contributed by atoms with E-state index >= 15 is 0 Å². The molecule has 0 amide bonds. The van der Waals surface area contributed by atoms with Gasteiger partial charge in [0.15, 0.2) is 11.5 Å². The number of likely N-dealkylation sites (tertiary alicyclic amines) is 1. The highest BCUT2D eigenvalue weighted by molar-refractivity contribution is 5.73. The van der Waals surface area contributed by atoms with Gasteiger partial charge in [-0.25, -0.2) is 9.50 Å². The monoisotopic (exact) mass is 656 g/mol. The molecular weight excluding hydrogens is 609 g/mol. The molecule has 3 fully saturated rings. The Morgan fingerprint density at radius 3 is 2.57 bits per heavy atom. The molecule has 1 spiro atoms. The molecule has 4 heterocycles. The van der Waals surface area contributed by atoms with Crippen LogP contribution in [0.15, 0.2) is 24.3 Å². The zero-order valence-electron chi connectivity index (χ0n) is 28.0. The van der Waals surface area contributed by atoms with Crippen molar-refractivity contribution in [1.29, 1.82) is 0 Å². The SMILES string of the molecule is Cc1c(Cc2c(CN3CC4(CCCCCC(C(=O)OC(C)(C)C)C4)C3)nc3c(N)cc(N4CCOCC4)nn23)cccc1C(F)(F)F. The Hall–Kier alpha value is -3.38. The van der Waals surface area contributed by atoms with E-state index in [1.54, 1.807) is 10.6 Å². The number of nitrogens with zero attached hydrogens (tertiary/aromatic N) is 5. The maximum Gasteiger partial charge on any atom is 0.416 e. The maximum absolute atomic E-state index is 13.9. The first-order chi connectivity index (χ1) is 22.2. The van der Waals surface area contributed by atoms with Crippen molar-refractivity contribution in [2.75, 3.05) is 50.0 Å². The Morgan fingerprint density at radius 1 is 1.13 bits per heavy atom. The van der Waals surface area contributed by atoms with Crippen molar-refractivity contribution in [3.8, 4) is 0 Å². The number of anilines is 2. The van der Waals surface area contributed by atoms with E-state index in [9.17, 15) is 18.0 Å². The number of hydrogen-bond acceptors (Lipinski definition) is 8. The van der Waals surface area contributed by atoms with Gasteiger partial charge in [0, 0.05) is 45.2 Å². The number of hydrogen-bond donors (Lipinski definition) is 1. The smallest absolute Gasteiger partial charge is 0.416 e. The summed E-state index contributed by atoms with van der Waals surface area (Å²) in [6.45, 7) is 11.9. The number of nitrogen functional groups attached to an aromatic ring is 1. The molecule has 6 rings (SSSR count). The number of aromatic nitrogens is 3. The van der Waals surface area contributed by atoms with Crippen LogP contribution in [0.4, 0.5) is 24.7 Å². The van der Waals surface area contributed by atoms with Crippen LogP contribution >= 0.6 is 0 Å². The van der Waals surface area contributed by atoms with Gasteiger partial charge in [-0.3, -0.25) is 9.69 Å². The zero-order valence-corrected chi connectivity index (χ0v) is 28.0. The number of halogens is 3. The highest BCUT2D eigenvalue weighted by Gasteiger charge is 2.46. The zero-order chi connectivity index (χ0) is 33.6. The number of fused-ring (bicyclic) bond motifs is 1. The number of carbonyl (C=O) groups excluding carboxylic acids is 1. The molecule has 1 aliphatic carbocycles. The fourth-order valence-corrected chi connectivity index (χ4v) is 7.63. The first-order valence-electron chi connectivity index (χ1n) is 16.8. The minimum Gasteiger partial charge on any atom is -0.460 e. The van der Waals surface area contributed by atoms with Crippen LogP contribution in [0.3, 0.4) is 0 Å². The van der Waals surface area contributed by atoms with Gasteiger partial charge < -0.3 is 20.1 Å². The van der Waals surface area contributed by atoms with Crippen LogP contribution < -0.4 is 10.6 Å². The van der Waals surface area contributed by atoms with Crippen LogP contribution in [0, 0.1) is 18.3 Å². The quantitative estimate of drug-likeness (QED) is 0.314. The van der Waals surface area contributed by atoms with E-state index in [-0.39, 0.29) is 29.3 Å². The van der Waals surface area contributed by atoms with Gasteiger partial charge in [-0.05, 0) is 69.6 Å². The van der Waals surface area contributed by atoms with Crippen molar-refractivity contribution in [2.45, 2.75) is 91.0 Å². The Bertz CT molecular complexity index is 1600. The van der Waals surface area contributed by atoms with Crippen molar-refractivity contribution in [1.82, 2.24) is 19.5 Å². The van der Waals surface area contributed by atoms with Gasteiger partial charge in [-0.1, -0.05) is 31.4 Å². The lowest BCUT2D eigenvalue weighted by Crippen LogP contribution is -2.57. The topological polar surface area (TPSA) is 98.2 Å². The molecule has 2 aromatic heterocycles. The third-order valence-corrected chi connectivity index (χ3v) is 9.89. The highest BCUT2D eigenvalue weighted by atomic mass is 19.4. The number of rotatable bonds is 6. The van der Waals surface area contributed by atoms with E-state index < -0.39 is 17.3 Å². The molecule has 2 aliphatic heterocycles. The van der Waals surface area contributed by atoms with Crippen LogP contribution in [-0.4, -0.2) is 70.5 Å². The number of nitrogens with two attached hydrogens (primary N) is 1. The van der Waals surface area contributed by atoms with Crippen molar-refractivity contribution < 1.29 is 27.4 Å². The number of esters is 1. The number of alkyl halides is 3. The summed E-state index contributed by atoms with van der Waals surface area (Å²) in [5.41, 5.74) is 8.66. The molecular formula is C35H47F3N6O3. The summed E-state index contributed by atoms with van der Waals surface area (Å²) in [6.07, 6.45) is 1.75. The largest absolute Gasteiger partial charge is 0.460 e. The fourth-order valence-electron chi connectivity index (χ4n) is 7.63. The summed E-state index contributed by atoms with van der Waals surface area (Å²) >= 11 is 0. The van der Waals surface area contributed by atoms with Gasteiger partial charge in [-0.2, -0.15) is 13.2 Å². The molecule has 1 unspecified atom stereocenters. The van der Waals surface area contributed by atoms with Crippen molar-refractivity contribution in [2.24, 2.45) is 11.3 Å². The van der Waals surface area contributed by atoms with Gasteiger partial charge >= 0.3 is 12.1 Å². The van der Waals surface area contributed by atoms with E-state index in [0.29, 0.717) is 55.6 Å². The second-order valence-corrected chi connectivity index (χ2v) is 14.7. The van der Waals surface area contributed by atoms with Crippen LogP contribution in [-0.2, 0) is 33.4 Å². The highest BCUT2D eigenvalue weighted by Crippen LogP contribution is 2.45. The summed E-state index contributed by atoms with van der Waals surface area (Å²) in [5, 5.41) is 4.95. The molecule has 1 aromatic carbocycles. The average Bonchev–Trinajstić information content (AvgIpc) is 3.30. The molecule has 2 N–H and O–H groups in total. The number of imidazole rings is 1. The summed E-state index contributed by atoms with van der Waals surface area (Å²) in [5.74, 6) is 0.470. The Morgan fingerprint density at radius 2 is 1.87 bits per heavy atom. The first kappa shape index (κ1) is 33.5. The van der Waals surface area contributed by atoms with Gasteiger partial charge in [0.2, 0.25) is 0 Å². The Labute approximate surface area is 274 Å². The van der Waals surface area contributed by atoms with Crippen molar-refractivity contribution in [3.63, 3.8) is 0 Å². The third kappa shape index (κ3) is 7.38. The van der Waals surface area contributed by atoms with Crippen molar-refractivity contribution in [3.05, 3.63) is 52.3 Å². The van der Waals surface area contributed by atoms with E-state index in [1.165, 1.54) is 13.0 Å². The standard InChI is InChI=1S/C35H47F3N6O3/c1-23-24(10-8-11-26(23)35(36,37)38)17-29-28(40-31-27(39)18-30(41-44(29)31)43-13-15-46-16-14-43)20-42-21-34(22-42)12-7-5-6-9-25(19-34)32(45)47-33(2,3)4/h8,10-11,18,25H,5-7,9,12-17,19-22,39H2,1-4H3. The predicted octanol–water partition coefficient (Wildman–Crippen LogP) is 6.18. The van der Waals surface area contributed by atoms with Crippen LogP contribution in [0.25, 0.3) is 5.65 Å². The molecule has 0 bridgehead atoms. The molecule has 2 saturated heterocycles. The van der Waals surface area contributed by atoms with Gasteiger partial charge in [0.05, 0.1) is 41.8 Å². The molecule has 256 valence electrons. The fraction of sp³-hybridized carbons (Fsp3) is 0.629. The summed E-state index contributed by atoms with van der Waals surface area (Å²) in [6, 6.07) is 6.15. The average molecular weight is 657 g/mol. The number of ether oxygens (including phenoxy) is 2. The second-order valence-electron chi connectivity index (χ2n) is 14.7. The van der Waals surface area contributed by atoms with Crippen LogP contribution in [0.1, 0.15) is 87.4 Å². The Balaban J connectivity index is 1.30.